The quantitative estimate of drug-likeness (QED) is 0.824. The van der Waals surface area contributed by atoms with Crippen LogP contribution in [0.1, 0.15) is 25.0 Å². The van der Waals surface area contributed by atoms with Crippen molar-refractivity contribution in [1.82, 2.24) is 9.47 Å². The molecule has 3 heterocycles. The van der Waals surface area contributed by atoms with Crippen LogP contribution in [-0.4, -0.2) is 34.5 Å². The van der Waals surface area contributed by atoms with E-state index in [0.717, 1.165) is 18.7 Å². The number of hydrogen-bond acceptors (Lipinski definition) is 3. The lowest BCUT2D eigenvalue weighted by Crippen LogP contribution is -2.52. The summed E-state index contributed by atoms with van der Waals surface area (Å²) in [6.45, 7) is 3.84. The molecule has 0 radical (unpaired) electrons. The summed E-state index contributed by atoms with van der Waals surface area (Å²) in [5.74, 6) is 0.652. The van der Waals surface area contributed by atoms with Crippen LogP contribution in [0.5, 0.6) is 0 Å². The summed E-state index contributed by atoms with van der Waals surface area (Å²) < 4.78 is 1.87. The summed E-state index contributed by atoms with van der Waals surface area (Å²) >= 11 is 0. The van der Waals surface area contributed by atoms with Gasteiger partial charge in [-0.15, -0.1) is 12.4 Å². The van der Waals surface area contributed by atoms with Crippen molar-refractivity contribution in [3.8, 4) is 0 Å². The maximum Gasteiger partial charge on any atom is 0.250 e. The van der Waals surface area contributed by atoms with Crippen LogP contribution in [0.25, 0.3) is 0 Å². The van der Waals surface area contributed by atoms with Crippen molar-refractivity contribution >= 4 is 18.3 Å². The van der Waals surface area contributed by atoms with Gasteiger partial charge in [0.1, 0.15) is 0 Å². The molecule has 0 spiro atoms. The molecule has 2 aliphatic heterocycles. The van der Waals surface area contributed by atoms with Gasteiger partial charge < -0.3 is 15.2 Å². The van der Waals surface area contributed by atoms with Crippen molar-refractivity contribution in [2.45, 2.75) is 31.8 Å². The number of pyridine rings is 1. The Bertz CT molecular complexity index is 570. The molecular weight excluding hydrogens is 278 g/mol. The summed E-state index contributed by atoms with van der Waals surface area (Å²) in [5, 5.41) is 0. The number of nitrogens with zero attached hydrogens (tertiary/aromatic N) is 2. The molecule has 2 bridgehead atoms. The van der Waals surface area contributed by atoms with E-state index in [1.54, 1.807) is 19.1 Å². The molecule has 3 rings (SSSR count). The van der Waals surface area contributed by atoms with E-state index >= 15 is 0 Å². The summed E-state index contributed by atoms with van der Waals surface area (Å²) in [4.78, 5) is 25.8. The first kappa shape index (κ1) is 15.1. The highest BCUT2D eigenvalue weighted by Gasteiger charge is 2.36. The number of amides is 1. The van der Waals surface area contributed by atoms with Crippen LogP contribution in [0.2, 0.25) is 0 Å². The molecule has 1 aromatic heterocycles. The van der Waals surface area contributed by atoms with Gasteiger partial charge in [0, 0.05) is 37.3 Å². The third kappa shape index (κ3) is 2.47. The van der Waals surface area contributed by atoms with Gasteiger partial charge in [-0.1, -0.05) is 6.07 Å². The zero-order valence-corrected chi connectivity index (χ0v) is 12.3. The highest BCUT2D eigenvalue weighted by Crippen LogP contribution is 2.34. The van der Waals surface area contributed by atoms with Crippen molar-refractivity contribution < 1.29 is 4.79 Å². The Balaban J connectivity index is 0.00000147. The lowest BCUT2D eigenvalue weighted by atomic mass is 9.83. The van der Waals surface area contributed by atoms with Gasteiger partial charge in [-0.3, -0.25) is 9.59 Å². The Hall–Kier alpha value is -1.33. The van der Waals surface area contributed by atoms with Gasteiger partial charge in [0.2, 0.25) is 5.91 Å². The highest BCUT2D eigenvalue weighted by atomic mass is 35.5. The van der Waals surface area contributed by atoms with E-state index in [2.05, 4.69) is 0 Å². The number of piperidine rings is 1. The second kappa shape index (κ2) is 5.58. The van der Waals surface area contributed by atoms with E-state index < -0.39 is 6.04 Å². The van der Waals surface area contributed by atoms with Crippen LogP contribution in [0.3, 0.4) is 0 Å². The Kier molecular flexibility index (Phi) is 4.20. The first-order valence-corrected chi connectivity index (χ1v) is 6.80. The molecular formula is C14H20ClN3O2. The van der Waals surface area contributed by atoms with E-state index in [9.17, 15) is 9.59 Å². The Morgan fingerprint density at radius 1 is 1.35 bits per heavy atom. The summed E-state index contributed by atoms with van der Waals surface area (Å²) in [6, 6.07) is 4.97. The van der Waals surface area contributed by atoms with Crippen LogP contribution >= 0.6 is 12.4 Å². The Morgan fingerprint density at radius 2 is 2.10 bits per heavy atom. The molecule has 1 saturated heterocycles. The van der Waals surface area contributed by atoms with Crippen LogP contribution < -0.4 is 11.3 Å². The fraction of sp³-hybridized carbons (Fsp3) is 0.571. The molecule has 1 aromatic rings. The van der Waals surface area contributed by atoms with E-state index in [-0.39, 0.29) is 29.8 Å². The molecule has 0 saturated carbocycles. The van der Waals surface area contributed by atoms with Crippen molar-refractivity contribution in [3.05, 3.63) is 34.2 Å². The normalized spacial score (nSPS) is 25.4. The molecule has 20 heavy (non-hydrogen) atoms. The molecule has 0 unspecified atom stereocenters. The van der Waals surface area contributed by atoms with Crippen molar-refractivity contribution in [1.29, 1.82) is 0 Å². The fourth-order valence-electron chi connectivity index (χ4n) is 3.36. The number of aromatic nitrogens is 1. The smallest absolute Gasteiger partial charge is 0.250 e. The van der Waals surface area contributed by atoms with Gasteiger partial charge in [0.05, 0.1) is 6.04 Å². The Labute approximate surface area is 124 Å². The molecule has 6 heteroatoms. The minimum atomic E-state index is -0.447. The van der Waals surface area contributed by atoms with Crippen molar-refractivity contribution in [2.24, 2.45) is 11.7 Å². The third-order valence-corrected chi connectivity index (χ3v) is 4.18. The molecule has 5 nitrogen and oxygen atoms in total. The van der Waals surface area contributed by atoms with Gasteiger partial charge in [-0.2, -0.15) is 0 Å². The molecule has 3 atom stereocenters. The monoisotopic (exact) mass is 297 g/mol. The average Bonchev–Trinajstić information content (AvgIpc) is 2.39. The summed E-state index contributed by atoms with van der Waals surface area (Å²) in [6.07, 6.45) is 1.06. The Morgan fingerprint density at radius 3 is 2.80 bits per heavy atom. The number of fused-ring (bicyclic) bond motifs is 4. The molecule has 1 fully saturated rings. The predicted molar refractivity (Wildman–Crippen MR) is 79.0 cm³/mol. The number of rotatable bonds is 1. The number of likely N-dealkylation sites (tertiary alicyclic amines) is 1. The van der Waals surface area contributed by atoms with E-state index in [1.807, 2.05) is 15.5 Å². The third-order valence-electron chi connectivity index (χ3n) is 4.18. The van der Waals surface area contributed by atoms with Gasteiger partial charge in [0.25, 0.3) is 5.56 Å². The van der Waals surface area contributed by atoms with Gasteiger partial charge in [-0.05, 0) is 25.3 Å². The lowest BCUT2D eigenvalue weighted by Gasteiger charge is -2.43. The molecule has 2 N–H and O–H groups in total. The number of carbonyl (C=O) groups excluding carboxylic acids is 1. The van der Waals surface area contributed by atoms with Gasteiger partial charge in [0.15, 0.2) is 0 Å². The van der Waals surface area contributed by atoms with E-state index in [1.165, 1.54) is 0 Å². The predicted octanol–water partition coefficient (Wildman–Crippen LogP) is 0.563. The second-order valence-corrected chi connectivity index (χ2v) is 5.73. The maximum absolute atomic E-state index is 12.0. The summed E-state index contributed by atoms with van der Waals surface area (Å²) in [5.41, 5.74) is 6.82. The molecule has 2 aliphatic rings. The first-order chi connectivity index (χ1) is 9.06. The minimum absolute atomic E-state index is 0. The van der Waals surface area contributed by atoms with Crippen molar-refractivity contribution in [2.75, 3.05) is 13.1 Å². The molecule has 0 aromatic carbocycles. The number of hydrogen-bond donors (Lipinski definition) is 1. The topological polar surface area (TPSA) is 68.3 Å². The SMILES string of the molecule is C[C@H](N)C(=O)N1C[C@@H]2C[C@@H](C1)c1cccc(=O)n1C2.Cl. The maximum atomic E-state index is 12.0. The molecule has 0 aliphatic carbocycles. The largest absolute Gasteiger partial charge is 0.340 e. The van der Waals surface area contributed by atoms with Crippen LogP contribution in [0.15, 0.2) is 23.0 Å². The fourth-order valence-corrected chi connectivity index (χ4v) is 3.36. The van der Waals surface area contributed by atoms with Crippen LogP contribution in [-0.2, 0) is 11.3 Å². The average molecular weight is 298 g/mol. The number of nitrogens with two attached hydrogens (primary N) is 1. The van der Waals surface area contributed by atoms with E-state index in [0.29, 0.717) is 19.0 Å². The number of halogens is 1. The minimum Gasteiger partial charge on any atom is -0.340 e. The van der Waals surface area contributed by atoms with E-state index in [4.69, 9.17) is 5.73 Å². The number of carbonyl (C=O) groups is 1. The van der Waals surface area contributed by atoms with Crippen LogP contribution in [0.4, 0.5) is 0 Å². The first-order valence-electron chi connectivity index (χ1n) is 6.80. The van der Waals surface area contributed by atoms with Crippen molar-refractivity contribution in [3.63, 3.8) is 0 Å². The highest BCUT2D eigenvalue weighted by molar-refractivity contribution is 5.85. The van der Waals surface area contributed by atoms with Gasteiger partial charge in [-0.25, -0.2) is 0 Å². The lowest BCUT2D eigenvalue weighted by molar-refractivity contribution is -0.134. The zero-order valence-electron chi connectivity index (χ0n) is 11.5. The standard InChI is InChI=1S/C14H19N3O2.ClH/c1-9(15)14(19)16-6-10-5-11(8-16)12-3-2-4-13(18)17(12)7-10;/h2-4,9-11H,5-8,15H2,1H3;1H/t9-,10-,11-;/m0./s1. The second-order valence-electron chi connectivity index (χ2n) is 5.73. The molecule has 110 valence electrons. The van der Waals surface area contributed by atoms with Crippen LogP contribution in [0, 0.1) is 5.92 Å². The zero-order chi connectivity index (χ0) is 13.6. The summed E-state index contributed by atoms with van der Waals surface area (Å²) in [7, 11) is 0. The van der Waals surface area contributed by atoms with Gasteiger partial charge >= 0.3 is 0 Å². The molecule has 1 amide bonds.